The highest BCUT2D eigenvalue weighted by Gasteiger charge is 2.13. The van der Waals surface area contributed by atoms with Crippen molar-refractivity contribution < 1.29 is 18.7 Å². The normalized spacial score (nSPS) is 10.8. The van der Waals surface area contributed by atoms with Crippen LogP contribution in [0.3, 0.4) is 0 Å². The van der Waals surface area contributed by atoms with E-state index in [-0.39, 0.29) is 17.9 Å². The first-order valence-electron chi connectivity index (χ1n) is 5.50. The van der Waals surface area contributed by atoms with Gasteiger partial charge in [-0.15, -0.1) is 0 Å². The Labute approximate surface area is 110 Å². The monoisotopic (exact) mass is 270 g/mol. The minimum absolute atomic E-state index is 0.226. The molecular formula is C11H15FN4O3. The molecule has 0 unspecified atom stereocenters. The number of ether oxygens (including phenoxy) is 2. The number of hydrogen-bond acceptors (Lipinski definition) is 6. The summed E-state index contributed by atoms with van der Waals surface area (Å²) in [5, 5.41) is 0. The molecule has 0 saturated heterocycles. The predicted octanol–water partition coefficient (Wildman–Crippen LogP) is 1.76. The van der Waals surface area contributed by atoms with Crippen molar-refractivity contribution in [3.8, 4) is 6.01 Å². The van der Waals surface area contributed by atoms with Crippen LogP contribution in [0, 0.1) is 5.82 Å². The lowest BCUT2D eigenvalue weighted by Gasteiger charge is -2.07. The third kappa shape index (κ3) is 5.28. The highest BCUT2D eigenvalue weighted by Crippen LogP contribution is 2.16. The molecule has 1 aromatic heterocycles. The highest BCUT2D eigenvalue weighted by molar-refractivity contribution is 5.63. The standard InChI is InChI=1S/C11H15FN4O3/c1-7(2)18-11(17)19-10-13-5-8(12)9(15-10)14-6-16(3)4/h5-7H,1-4H3/b14-6+. The number of rotatable bonds is 4. The van der Waals surface area contributed by atoms with Crippen molar-refractivity contribution in [2.75, 3.05) is 14.1 Å². The first-order valence-corrected chi connectivity index (χ1v) is 5.50. The third-order valence-corrected chi connectivity index (χ3v) is 1.62. The summed E-state index contributed by atoms with van der Waals surface area (Å²) in [6.45, 7) is 3.33. The zero-order valence-electron chi connectivity index (χ0n) is 11.1. The number of carbonyl (C=O) groups excluding carboxylic acids is 1. The smallest absolute Gasteiger partial charge is 0.431 e. The van der Waals surface area contributed by atoms with Crippen LogP contribution in [0.2, 0.25) is 0 Å². The molecule has 0 N–H and O–H groups in total. The van der Waals surface area contributed by atoms with Gasteiger partial charge < -0.3 is 14.4 Å². The molecule has 0 fully saturated rings. The maximum absolute atomic E-state index is 13.3. The van der Waals surface area contributed by atoms with Gasteiger partial charge in [-0.25, -0.2) is 19.2 Å². The first kappa shape index (κ1) is 14.8. The van der Waals surface area contributed by atoms with E-state index in [0.717, 1.165) is 6.20 Å². The molecule has 1 heterocycles. The number of nitrogens with zero attached hydrogens (tertiary/aromatic N) is 4. The van der Waals surface area contributed by atoms with E-state index in [0.29, 0.717) is 0 Å². The van der Waals surface area contributed by atoms with Crippen LogP contribution in [0.4, 0.5) is 15.0 Å². The lowest BCUT2D eigenvalue weighted by molar-refractivity contribution is 0.0701. The number of carbonyl (C=O) groups is 1. The van der Waals surface area contributed by atoms with E-state index in [4.69, 9.17) is 9.47 Å². The van der Waals surface area contributed by atoms with E-state index in [1.54, 1.807) is 32.8 Å². The molecule has 0 aliphatic carbocycles. The summed E-state index contributed by atoms with van der Waals surface area (Å²) < 4.78 is 22.8. The second-order valence-corrected chi connectivity index (χ2v) is 4.05. The van der Waals surface area contributed by atoms with Crippen molar-refractivity contribution in [3.05, 3.63) is 12.0 Å². The van der Waals surface area contributed by atoms with Crippen molar-refractivity contribution >= 4 is 18.3 Å². The molecule has 7 nitrogen and oxygen atoms in total. The third-order valence-electron chi connectivity index (χ3n) is 1.62. The van der Waals surface area contributed by atoms with Gasteiger partial charge in [-0.2, -0.15) is 4.98 Å². The molecule has 0 spiro atoms. The SMILES string of the molecule is CC(C)OC(=O)Oc1ncc(F)c(/N=C/N(C)C)n1. The number of hydrogen-bond donors (Lipinski definition) is 0. The molecule has 19 heavy (non-hydrogen) atoms. The quantitative estimate of drug-likeness (QED) is 0.471. The summed E-state index contributed by atoms with van der Waals surface area (Å²) in [6, 6.07) is -0.321. The van der Waals surface area contributed by atoms with Crippen molar-refractivity contribution in [1.82, 2.24) is 14.9 Å². The van der Waals surface area contributed by atoms with E-state index in [1.807, 2.05) is 0 Å². The fourth-order valence-electron chi connectivity index (χ4n) is 0.943. The second kappa shape index (κ2) is 6.62. The van der Waals surface area contributed by atoms with Gasteiger partial charge in [0.05, 0.1) is 18.6 Å². The number of aromatic nitrogens is 2. The average molecular weight is 270 g/mol. The summed E-state index contributed by atoms with van der Waals surface area (Å²) in [4.78, 5) is 23.8. The Morgan fingerprint density at radius 2 is 2.21 bits per heavy atom. The van der Waals surface area contributed by atoms with Crippen LogP contribution >= 0.6 is 0 Å². The first-order chi connectivity index (χ1) is 8.88. The van der Waals surface area contributed by atoms with Crippen molar-refractivity contribution in [2.45, 2.75) is 20.0 Å². The molecule has 8 heteroatoms. The molecule has 0 aromatic carbocycles. The van der Waals surface area contributed by atoms with Gasteiger partial charge in [0.25, 0.3) is 0 Å². The summed E-state index contributed by atoms with van der Waals surface area (Å²) in [6.07, 6.45) is 0.943. The Hall–Kier alpha value is -2.25. The maximum Gasteiger partial charge on any atom is 0.516 e. The summed E-state index contributed by atoms with van der Waals surface area (Å²) in [7, 11) is 3.44. The lowest BCUT2D eigenvalue weighted by Crippen LogP contribution is -2.16. The molecule has 0 bridgehead atoms. The minimum Gasteiger partial charge on any atom is -0.431 e. The zero-order valence-corrected chi connectivity index (χ0v) is 11.1. The summed E-state index contributed by atoms with van der Waals surface area (Å²) in [5.41, 5.74) is 0. The van der Waals surface area contributed by atoms with E-state index in [2.05, 4.69) is 15.0 Å². The van der Waals surface area contributed by atoms with Crippen molar-refractivity contribution in [1.29, 1.82) is 0 Å². The van der Waals surface area contributed by atoms with Crippen LogP contribution in [-0.2, 0) is 4.74 Å². The van der Waals surface area contributed by atoms with E-state index in [1.165, 1.54) is 6.34 Å². The van der Waals surface area contributed by atoms with Gasteiger partial charge in [-0.05, 0) is 13.8 Å². The fourth-order valence-corrected chi connectivity index (χ4v) is 0.943. The van der Waals surface area contributed by atoms with E-state index in [9.17, 15) is 9.18 Å². The van der Waals surface area contributed by atoms with Crippen molar-refractivity contribution in [3.63, 3.8) is 0 Å². The van der Waals surface area contributed by atoms with Crippen LogP contribution in [-0.4, -0.2) is 47.6 Å². The Balaban J connectivity index is 2.81. The van der Waals surface area contributed by atoms with Crippen LogP contribution in [0.5, 0.6) is 6.01 Å². The second-order valence-electron chi connectivity index (χ2n) is 4.05. The van der Waals surface area contributed by atoms with Crippen LogP contribution in [0.25, 0.3) is 0 Å². The molecule has 1 rings (SSSR count). The Morgan fingerprint density at radius 1 is 1.53 bits per heavy atom. The number of aliphatic imine (C=N–C) groups is 1. The molecule has 0 atom stereocenters. The minimum atomic E-state index is -0.954. The topological polar surface area (TPSA) is 76.9 Å². The summed E-state index contributed by atoms with van der Waals surface area (Å²) in [5.74, 6) is -0.946. The van der Waals surface area contributed by atoms with Crippen LogP contribution in [0.15, 0.2) is 11.2 Å². The molecule has 0 amide bonds. The fraction of sp³-hybridized carbons (Fsp3) is 0.455. The molecule has 0 radical (unpaired) electrons. The molecule has 0 aliphatic heterocycles. The predicted molar refractivity (Wildman–Crippen MR) is 66.1 cm³/mol. The zero-order chi connectivity index (χ0) is 14.4. The van der Waals surface area contributed by atoms with Crippen LogP contribution < -0.4 is 4.74 Å². The van der Waals surface area contributed by atoms with Gasteiger partial charge in [0.1, 0.15) is 0 Å². The van der Waals surface area contributed by atoms with Gasteiger partial charge in [-0.3, -0.25) is 0 Å². The van der Waals surface area contributed by atoms with E-state index < -0.39 is 12.0 Å². The Morgan fingerprint density at radius 3 is 2.79 bits per heavy atom. The largest absolute Gasteiger partial charge is 0.516 e. The Kier molecular flexibility index (Phi) is 5.16. The molecule has 0 aliphatic rings. The van der Waals surface area contributed by atoms with Gasteiger partial charge in [0.2, 0.25) is 0 Å². The average Bonchev–Trinajstić information content (AvgIpc) is 2.28. The molecule has 104 valence electrons. The van der Waals surface area contributed by atoms with Crippen LogP contribution in [0.1, 0.15) is 13.8 Å². The maximum atomic E-state index is 13.3. The van der Waals surface area contributed by atoms with E-state index >= 15 is 0 Å². The molecule has 1 aromatic rings. The lowest BCUT2D eigenvalue weighted by atomic mass is 10.5. The highest BCUT2D eigenvalue weighted by atomic mass is 19.1. The van der Waals surface area contributed by atoms with Gasteiger partial charge in [-0.1, -0.05) is 0 Å². The van der Waals surface area contributed by atoms with Gasteiger partial charge in [0, 0.05) is 14.1 Å². The summed E-state index contributed by atoms with van der Waals surface area (Å²) >= 11 is 0. The van der Waals surface area contributed by atoms with Gasteiger partial charge in [0.15, 0.2) is 11.6 Å². The molecular weight excluding hydrogens is 255 g/mol. The van der Waals surface area contributed by atoms with Gasteiger partial charge >= 0.3 is 12.2 Å². The Bertz CT molecular complexity index is 477. The molecule has 0 saturated carbocycles. The van der Waals surface area contributed by atoms with Crippen molar-refractivity contribution in [2.24, 2.45) is 4.99 Å². The number of halogens is 1.